The SMILES string of the molecule is CCOc1ccccc1COC(=O)c1ccc2nc(C)c(C)nc2c1. The van der Waals surface area contributed by atoms with Crippen molar-refractivity contribution in [3.8, 4) is 5.75 Å². The number of rotatable bonds is 5. The molecule has 5 heteroatoms. The fourth-order valence-electron chi connectivity index (χ4n) is 2.50. The Morgan fingerprint density at radius 2 is 1.72 bits per heavy atom. The van der Waals surface area contributed by atoms with E-state index in [4.69, 9.17) is 9.47 Å². The summed E-state index contributed by atoms with van der Waals surface area (Å²) >= 11 is 0. The van der Waals surface area contributed by atoms with Crippen LogP contribution in [0.1, 0.15) is 34.2 Å². The van der Waals surface area contributed by atoms with Gasteiger partial charge in [0.05, 0.1) is 34.6 Å². The molecule has 0 saturated carbocycles. The summed E-state index contributed by atoms with van der Waals surface area (Å²) in [6.45, 7) is 6.46. The van der Waals surface area contributed by atoms with Crippen molar-refractivity contribution in [3.05, 3.63) is 65.0 Å². The van der Waals surface area contributed by atoms with E-state index in [9.17, 15) is 4.79 Å². The predicted molar refractivity (Wildman–Crippen MR) is 95.7 cm³/mol. The van der Waals surface area contributed by atoms with Crippen LogP contribution in [0, 0.1) is 13.8 Å². The summed E-state index contributed by atoms with van der Waals surface area (Å²) in [6.07, 6.45) is 0. The molecule has 0 saturated heterocycles. The van der Waals surface area contributed by atoms with E-state index >= 15 is 0 Å². The molecule has 3 aromatic rings. The first-order valence-electron chi connectivity index (χ1n) is 8.21. The van der Waals surface area contributed by atoms with Crippen LogP contribution in [0.15, 0.2) is 42.5 Å². The monoisotopic (exact) mass is 336 g/mol. The van der Waals surface area contributed by atoms with Crippen LogP contribution in [0.2, 0.25) is 0 Å². The first-order valence-corrected chi connectivity index (χ1v) is 8.21. The highest BCUT2D eigenvalue weighted by atomic mass is 16.5. The lowest BCUT2D eigenvalue weighted by molar-refractivity contribution is 0.0470. The Kier molecular flexibility index (Phi) is 4.93. The number of aryl methyl sites for hydroxylation is 2. The number of ether oxygens (including phenoxy) is 2. The Hall–Kier alpha value is -2.95. The molecular formula is C20H20N2O3. The highest BCUT2D eigenvalue weighted by Gasteiger charge is 2.12. The maximum absolute atomic E-state index is 12.4. The molecule has 0 fully saturated rings. The van der Waals surface area contributed by atoms with Gasteiger partial charge in [0, 0.05) is 5.56 Å². The number of aromatic nitrogens is 2. The topological polar surface area (TPSA) is 61.3 Å². The van der Waals surface area contributed by atoms with E-state index in [0.717, 1.165) is 28.2 Å². The molecule has 0 amide bonds. The van der Waals surface area contributed by atoms with Crippen LogP contribution in [0.3, 0.4) is 0 Å². The number of fused-ring (bicyclic) bond motifs is 1. The molecular weight excluding hydrogens is 316 g/mol. The molecule has 0 unspecified atom stereocenters. The maximum atomic E-state index is 12.4. The fourth-order valence-corrected chi connectivity index (χ4v) is 2.50. The van der Waals surface area contributed by atoms with Gasteiger partial charge in [0.2, 0.25) is 0 Å². The lowest BCUT2D eigenvalue weighted by atomic mass is 10.2. The third kappa shape index (κ3) is 3.76. The molecule has 0 aliphatic rings. The van der Waals surface area contributed by atoms with E-state index in [1.165, 1.54) is 0 Å². The zero-order valence-corrected chi connectivity index (χ0v) is 14.6. The quantitative estimate of drug-likeness (QED) is 0.659. The molecule has 1 heterocycles. The molecule has 2 aromatic carbocycles. The summed E-state index contributed by atoms with van der Waals surface area (Å²) in [5.74, 6) is 0.335. The minimum atomic E-state index is -0.395. The van der Waals surface area contributed by atoms with Crippen LogP contribution in [0.5, 0.6) is 5.75 Å². The second kappa shape index (κ2) is 7.30. The average molecular weight is 336 g/mol. The van der Waals surface area contributed by atoms with Gasteiger partial charge in [-0.05, 0) is 45.0 Å². The van der Waals surface area contributed by atoms with Crippen molar-refractivity contribution in [2.75, 3.05) is 6.61 Å². The van der Waals surface area contributed by atoms with Gasteiger partial charge in [-0.25, -0.2) is 14.8 Å². The van der Waals surface area contributed by atoms with Crippen LogP contribution in [-0.4, -0.2) is 22.5 Å². The average Bonchev–Trinajstić information content (AvgIpc) is 2.61. The summed E-state index contributed by atoms with van der Waals surface area (Å²) in [5.41, 5.74) is 4.48. The molecule has 0 radical (unpaired) electrons. The van der Waals surface area contributed by atoms with Crippen LogP contribution >= 0.6 is 0 Å². The molecule has 3 rings (SSSR count). The van der Waals surface area contributed by atoms with Gasteiger partial charge in [-0.3, -0.25) is 0 Å². The molecule has 25 heavy (non-hydrogen) atoms. The highest BCUT2D eigenvalue weighted by molar-refractivity contribution is 5.93. The number of hydrogen-bond donors (Lipinski definition) is 0. The summed E-state index contributed by atoms with van der Waals surface area (Å²) in [4.78, 5) is 21.3. The third-order valence-electron chi connectivity index (χ3n) is 3.94. The molecule has 0 atom stereocenters. The van der Waals surface area contributed by atoms with E-state index in [1.54, 1.807) is 18.2 Å². The van der Waals surface area contributed by atoms with Gasteiger partial charge in [0.25, 0.3) is 0 Å². The minimum absolute atomic E-state index is 0.158. The van der Waals surface area contributed by atoms with Gasteiger partial charge >= 0.3 is 5.97 Å². The van der Waals surface area contributed by atoms with Crippen LogP contribution in [0.4, 0.5) is 0 Å². The van der Waals surface area contributed by atoms with E-state index in [2.05, 4.69) is 9.97 Å². The van der Waals surface area contributed by atoms with Gasteiger partial charge in [-0.2, -0.15) is 0 Å². The second-order valence-electron chi connectivity index (χ2n) is 5.71. The molecule has 5 nitrogen and oxygen atoms in total. The molecule has 128 valence electrons. The molecule has 0 aliphatic heterocycles. The Bertz CT molecular complexity index is 922. The number of nitrogens with zero attached hydrogens (tertiary/aromatic N) is 2. The number of hydrogen-bond acceptors (Lipinski definition) is 5. The first-order chi connectivity index (χ1) is 12.1. The highest BCUT2D eigenvalue weighted by Crippen LogP contribution is 2.20. The van der Waals surface area contributed by atoms with Crippen LogP contribution in [0.25, 0.3) is 11.0 Å². The van der Waals surface area contributed by atoms with Crippen molar-refractivity contribution in [2.45, 2.75) is 27.4 Å². The summed E-state index contributed by atoms with van der Waals surface area (Å²) in [6, 6.07) is 12.7. The van der Waals surface area contributed by atoms with Crippen molar-refractivity contribution in [2.24, 2.45) is 0 Å². The van der Waals surface area contributed by atoms with E-state index in [0.29, 0.717) is 17.7 Å². The van der Waals surface area contributed by atoms with Gasteiger partial charge in [-0.1, -0.05) is 18.2 Å². The summed E-state index contributed by atoms with van der Waals surface area (Å²) in [7, 11) is 0. The van der Waals surface area contributed by atoms with Crippen molar-refractivity contribution in [1.29, 1.82) is 0 Å². The normalized spacial score (nSPS) is 10.7. The molecule has 1 aromatic heterocycles. The lowest BCUT2D eigenvalue weighted by Gasteiger charge is -2.11. The van der Waals surface area contributed by atoms with Crippen LogP contribution in [-0.2, 0) is 11.3 Å². The zero-order valence-electron chi connectivity index (χ0n) is 14.6. The van der Waals surface area contributed by atoms with Crippen molar-refractivity contribution in [3.63, 3.8) is 0 Å². The molecule has 0 aliphatic carbocycles. The van der Waals surface area contributed by atoms with Gasteiger partial charge in [-0.15, -0.1) is 0 Å². The Morgan fingerprint density at radius 3 is 2.48 bits per heavy atom. The molecule has 0 N–H and O–H groups in total. The van der Waals surface area contributed by atoms with Gasteiger partial charge in [0.15, 0.2) is 0 Å². The molecule has 0 spiro atoms. The first kappa shape index (κ1) is 16.9. The Balaban J connectivity index is 1.77. The molecule has 0 bridgehead atoms. The summed E-state index contributed by atoms with van der Waals surface area (Å²) in [5, 5.41) is 0. The largest absolute Gasteiger partial charge is 0.493 e. The van der Waals surface area contributed by atoms with Crippen molar-refractivity contribution < 1.29 is 14.3 Å². The van der Waals surface area contributed by atoms with Gasteiger partial charge in [0.1, 0.15) is 12.4 Å². The zero-order chi connectivity index (χ0) is 17.8. The van der Waals surface area contributed by atoms with E-state index < -0.39 is 5.97 Å². The third-order valence-corrected chi connectivity index (χ3v) is 3.94. The predicted octanol–water partition coefficient (Wildman–Crippen LogP) is 4.00. The van der Waals surface area contributed by atoms with Gasteiger partial charge < -0.3 is 9.47 Å². The maximum Gasteiger partial charge on any atom is 0.338 e. The number of carbonyl (C=O) groups excluding carboxylic acids is 1. The number of benzene rings is 2. The Morgan fingerprint density at radius 1 is 1.00 bits per heavy atom. The fraction of sp³-hybridized carbons (Fsp3) is 0.250. The summed E-state index contributed by atoms with van der Waals surface area (Å²) < 4.78 is 11.0. The van der Waals surface area contributed by atoms with Crippen molar-refractivity contribution >= 4 is 17.0 Å². The number of carbonyl (C=O) groups is 1. The second-order valence-corrected chi connectivity index (χ2v) is 5.71. The van der Waals surface area contributed by atoms with E-state index in [-0.39, 0.29) is 6.61 Å². The minimum Gasteiger partial charge on any atom is -0.493 e. The van der Waals surface area contributed by atoms with Crippen molar-refractivity contribution in [1.82, 2.24) is 9.97 Å². The number of esters is 1. The lowest BCUT2D eigenvalue weighted by Crippen LogP contribution is -2.07. The number of para-hydroxylation sites is 1. The van der Waals surface area contributed by atoms with E-state index in [1.807, 2.05) is 45.0 Å². The Labute approximate surface area is 146 Å². The standard InChI is InChI=1S/C20H20N2O3/c1-4-24-19-8-6-5-7-16(19)12-25-20(23)15-9-10-17-18(11-15)22-14(3)13(2)21-17/h5-11H,4,12H2,1-3H3. The van der Waals surface area contributed by atoms with Crippen LogP contribution < -0.4 is 4.74 Å². The smallest absolute Gasteiger partial charge is 0.338 e.